The molecule has 6 heteroatoms. The van der Waals surface area contributed by atoms with Gasteiger partial charge in [-0.1, -0.05) is 38.8 Å². The first-order valence-electron chi connectivity index (χ1n) is 5.16. The van der Waals surface area contributed by atoms with E-state index in [4.69, 9.17) is 0 Å². The van der Waals surface area contributed by atoms with Crippen molar-refractivity contribution in [3.05, 3.63) is 24.0 Å². The van der Waals surface area contributed by atoms with E-state index in [0.29, 0.717) is 10.7 Å². The number of nitrogens with one attached hydrogen (secondary N) is 1. The average molecular weight is 366 g/mol. The monoisotopic (exact) mass is 364 g/mol. The molecule has 0 aliphatic heterocycles. The number of aromatic nitrogens is 1. The summed E-state index contributed by atoms with van der Waals surface area (Å²) in [4.78, 5) is 15.8. The van der Waals surface area contributed by atoms with Crippen LogP contribution in [0.2, 0.25) is 0 Å². The summed E-state index contributed by atoms with van der Waals surface area (Å²) in [6.07, 6.45) is 3.51. The minimum Gasteiger partial charge on any atom is -0.505 e. The van der Waals surface area contributed by atoms with Gasteiger partial charge in [-0.15, -0.1) is 0 Å². The molecular weight excluding hydrogens is 352 g/mol. The van der Waals surface area contributed by atoms with Crippen LogP contribution < -0.4 is 5.32 Å². The normalized spacial score (nSPS) is 11.2. The molecule has 0 bridgehead atoms. The van der Waals surface area contributed by atoms with Crippen LogP contribution in [-0.2, 0) is 0 Å². The third-order valence-electron chi connectivity index (χ3n) is 2.61. The second-order valence-electron chi connectivity index (χ2n) is 3.75. The Morgan fingerprint density at radius 2 is 2.18 bits per heavy atom. The molecule has 0 atom stereocenters. The first-order chi connectivity index (χ1) is 8.08. The van der Waals surface area contributed by atoms with E-state index in [1.165, 1.54) is 18.5 Å². The third kappa shape index (κ3) is 3.42. The Bertz CT molecular complexity index is 387. The van der Waals surface area contributed by atoms with Crippen molar-refractivity contribution >= 4 is 37.8 Å². The van der Waals surface area contributed by atoms with Gasteiger partial charge >= 0.3 is 0 Å². The summed E-state index contributed by atoms with van der Waals surface area (Å²) in [6.45, 7) is 2.00. The van der Waals surface area contributed by atoms with Gasteiger partial charge in [0.15, 0.2) is 0 Å². The number of carbonyl (C=O) groups is 1. The molecule has 0 saturated carbocycles. The van der Waals surface area contributed by atoms with Crippen molar-refractivity contribution in [1.29, 1.82) is 0 Å². The maximum atomic E-state index is 12.0. The van der Waals surface area contributed by atoms with Crippen molar-refractivity contribution in [1.82, 2.24) is 10.3 Å². The number of halogens is 2. The molecule has 0 aliphatic carbocycles. The van der Waals surface area contributed by atoms with E-state index >= 15 is 0 Å². The summed E-state index contributed by atoms with van der Waals surface area (Å²) in [5.41, 5.74) is -0.119. The van der Waals surface area contributed by atoms with Gasteiger partial charge in [-0.05, 0) is 12.5 Å². The zero-order valence-electron chi connectivity index (χ0n) is 9.41. The molecule has 0 saturated heterocycles. The molecule has 1 aromatic rings. The van der Waals surface area contributed by atoms with Crippen molar-refractivity contribution in [2.24, 2.45) is 0 Å². The van der Waals surface area contributed by atoms with Gasteiger partial charge in [0, 0.05) is 16.9 Å². The van der Waals surface area contributed by atoms with Gasteiger partial charge in [0.25, 0.3) is 5.91 Å². The zero-order chi connectivity index (χ0) is 12.9. The number of alkyl halides is 2. The summed E-state index contributed by atoms with van der Waals surface area (Å²) < 4.78 is 0. The van der Waals surface area contributed by atoms with Crippen LogP contribution in [0, 0.1) is 0 Å². The lowest BCUT2D eigenvalue weighted by atomic mass is 10.0. The first kappa shape index (κ1) is 14.4. The van der Waals surface area contributed by atoms with Gasteiger partial charge in [0.1, 0.15) is 5.75 Å². The minimum absolute atomic E-state index is 0.112. The van der Waals surface area contributed by atoms with Crippen molar-refractivity contribution in [2.75, 3.05) is 10.7 Å². The Morgan fingerprint density at radius 3 is 2.65 bits per heavy atom. The maximum Gasteiger partial charge on any atom is 0.255 e. The number of hydrogen-bond donors (Lipinski definition) is 2. The van der Waals surface area contributed by atoms with Crippen LogP contribution in [0.25, 0.3) is 0 Å². The van der Waals surface area contributed by atoms with Crippen LogP contribution in [-0.4, -0.2) is 32.2 Å². The lowest BCUT2D eigenvalue weighted by Gasteiger charge is -2.30. The van der Waals surface area contributed by atoms with E-state index in [1.54, 1.807) is 0 Å². The summed E-state index contributed by atoms with van der Waals surface area (Å²) in [5, 5.41) is 13.7. The van der Waals surface area contributed by atoms with Crippen LogP contribution in [0.3, 0.4) is 0 Å². The highest BCUT2D eigenvalue weighted by molar-refractivity contribution is 9.09. The molecule has 0 unspecified atom stereocenters. The fourth-order valence-electron chi connectivity index (χ4n) is 1.27. The molecule has 0 aromatic carbocycles. The summed E-state index contributed by atoms with van der Waals surface area (Å²) in [5.74, 6) is -0.412. The molecule has 0 aliphatic rings. The second kappa shape index (κ2) is 6.35. The molecular formula is C11H14Br2N2O2. The van der Waals surface area contributed by atoms with E-state index < -0.39 is 0 Å². The summed E-state index contributed by atoms with van der Waals surface area (Å²) in [7, 11) is 0. The lowest BCUT2D eigenvalue weighted by Crippen LogP contribution is -2.51. The van der Waals surface area contributed by atoms with Gasteiger partial charge in [0.2, 0.25) is 0 Å². The van der Waals surface area contributed by atoms with E-state index in [0.717, 1.165) is 6.42 Å². The minimum atomic E-state index is -0.354. The highest BCUT2D eigenvalue weighted by atomic mass is 79.9. The second-order valence-corrected chi connectivity index (χ2v) is 4.87. The molecule has 1 aromatic heterocycles. The number of carbonyl (C=O) groups excluding carboxylic acids is 1. The molecule has 94 valence electrons. The lowest BCUT2D eigenvalue weighted by molar-refractivity contribution is 0.0912. The van der Waals surface area contributed by atoms with E-state index in [2.05, 4.69) is 42.2 Å². The Labute approximate surface area is 117 Å². The van der Waals surface area contributed by atoms with E-state index in [1.807, 2.05) is 6.92 Å². The van der Waals surface area contributed by atoms with Crippen LogP contribution in [0.15, 0.2) is 18.5 Å². The van der Waals surface area contributed by atoms with Gasteiger partial charge in [-0.25, -0.2) is 0 Å². The Balaban J connectivity index is 2.89. The number of aromatic hydroxyl groups is 1. The summed E-state index contributed by atoms with van der Waals surface area (Å²) >= 11 is 6.79. The highest BCUT2D eigenvalue weighted by Crippen LogP contribution is 2.20. The topological polar surface area (TPSA) is 62.2 Å². The number of hydrogen-bond acceptors (Lipinski definition) is 3. The Morgan fingerprint density at radius 1 is 1.53 bits per heavy atom. The fraction of sp³-hybridized carbons (Fsp3) is 0.455. The van der Waals surface area contributed by atoms with Gasteiger partial charge in [-0.2, -0.15) is 0 Å². The third-order valence-corrected chi connectivity index (χ3v) is 4.76. The molecule has 2 N–H and O–H groups in total. The van der Waals surface area contributed by atoms with Crippen LogP contribution in [0.5, 0.6) is 5.75 Å². The van der Waals surface area contributed by atoms with Crippen molar-refractivity contribution in [3.63, 3.8) is 0 Å². The highest BCUT2D eigenvalue weighted by Gasteiger charge is 2.28. The van der Waals surface area contributed by atoms with Gasteiger partial charge < -0.3 is 10.4 Å². The maximum absolute atomic E-state index is 12.0. The first-order valence-corrected chi connectivity index (χ1v) is 7.40. The largest absolute Gasteiger partial charge is 0.505 e. The molecule has 1 amide bonds. The van der Waals surface area contributed by atoms with Crippen LogP contribution >= 0.6 is 31.9 Å². The molecule has 0 spiro atoms. The van der Waals surface area contributed by atoms with Crippen molar-refractivity contribution in [2.45, 2.75) is 18.9 Å². The Hall–Kier alpha value is -0.620. The summed E-state index contributed by atoms with van der Waals surface area (Å²) in [6, 6.07) is 1.49. The number of pyridine rings is 1. The van der Waals surface area contributed by atoms with E-state index in [9.17, 15) is 9.90 Å². The number of rotatable bonds is 5. The van der Waals surface area contributed by atoms with Crippen LogP contribution in [0.4, 0.5) is 0 Å². The van der Waals surface area contributed by atoms with Crippen molar-refractivity contribution in [3.8, 4) is 5.75 Å². The molecule has 0 radical (unpaired) electrons. The molecule has 0 fully saturated rings. The van der Waals surface area contributed by atoms with Gasteiger partial charge in [0.05, 0.1) is 17.3 Å². The molecule has 1 rings (SSSR count). The molecule has 17 heavy (non-hydrogen) atoms. The molecule has 1 heterocycles. The SMILES string of the molecule is CCC(CBr)(CBr)NC(=O)c1ccncc1O. The average Bonchev–Trinajstić information content (AvgIpc) is 2.36. The predicted molar refractivity (Wildman–Crippen MR) is 74.0 cm³/mol. The predicted octanol–water partition coefficient (Wildman–Crippen LogP) is 2.46. The molecule has 4 nitrogen and oxygen atoms in total. The number of nitrogens with zero attached hydrogens (tertiary/aromatic N) is 1. The zero-order valence-corrected chi connectivity index (χ0v) is 12.6. The fourth-order valence-corrected chi connectivity index (χ4v) is 3.27. The Kier molecular flexibility index (Phi) is 5.39. The standard InChI is InChI=1S/C11H14Br2N2O2/c1-2-11(6-12,7-13)15-10(17)8-3-4-14-5-9(8)16/h3-5,16H,2,6-7H2,1H3,(H,15,17). The quantitative estimate of drug-likeness (QED) is 0.788. The van der Waals surface area contributed by atoms with E-state index in [-0.39, 0.29) is 22.8 Å². The van der Waals surface area contributed by atoms with Crippen LogP contribution in [0.1, 0.15) is 23.7 Å². The van der Waals surface area contributed by atoms with Gasteiger partial charge in [-0.3, -0.25) is 9.78 Å². The smallest absolute Gasteiger partial charge is 0.255 e. The number of amides is 1. The van der Waals surface area contributed by atoms with Crippen molar-refractivity contribution < 1.29 is 9.90 Å².